The molecule has 1 saturated heterocycles. The van der Waals surface area contributed by atoms with E-state index < -0.39 is 11.7 Å². The standard InChI is InChI=1S/C12H15IO4/c13-10-3-1-9(2-4-10)11-16-7-12(5-14,6-15)8-17-11/h1-4,11,14-15H,5-8H2. The van der Waals surface area contributed by atoms with Crippen molar-refractivity contribution in [1.29, 1.82) is 0 Å². The van der Waals surface area contributed by atoms with E-state index in [1.165, 1.54) is 0 Å². The van der Waals surface area contributed by atoms with Crippen LogP contribution < -0.4 is 0 Å². The van der Waals surface area contributed by atoms with E-state index in [0.29, 0.717) is 13.2 Å². The van der Waals surface area contributed by atoms with Crippen LogP contribution in [0.25, 0.3) is 0 Å². The molecule has 2 rings (SSSR count). The van der Waals surface area contributed by atoms with Crippen LogP contribution in [0.3, 0.4) is 0 Å². The maximum Gasteiger partial charge on any atom is 0.183 e. The fraction of sp³-hybridized carbons (Fsp3) is 0.500. The summed E-state index contributed by atoms with van der Waals surface area (Å²) in [7, 11) is 0. The Morgan fingerprint density at radius 2 is 1.65 bits per heavy atom. The average Bonchev–Trinajstić information content (AvgIpc) is 2.40. The van der Waals surface area contributed by atoms with Crippen molar-refractivity contribution in [3.63, 3.8) is 0 Å². The Morgan fingerprint density at radius 1 is 1.12 bits per heavy atom. The number of aliphatic hydroxyl groups is 2. The summed E-state index contributed by atoms with van der Waals surface area (Å²) in [6.07, 6.45) is -0.404. The van der Waals surface area contributed by atoms with E-state index in [9.17, 15) is 10.2 Å². The molecule has 1 aromatic rings. The smallest absolute Gasteiger partial charge is 0.183 e. The minimum atomic E-state index is -0.667. The molecule has 4 nitrogen and oxygen atoms in total. The van der Waals surface area contributed by atoms with Crippen LogP contribution in [0.2, 0.25) is 0 Å². The van der Waals surface area contributed by atoms with E-state index in [0.717, 1.165) is 9.13 Å². The number of hydrogen-bond acceptors (Lipinski definition) is 4. The summed E-state index contributed by atoms with van der Waals surface area (Å²) >= 11 is 2.24. The van der Waals surface area contributed by atoms with Gasteiger partial charge in [0.15, 0.2) is 6.29 Å². The zero-order valence-electron chi connectivity index (χ0n) is 9.30. The molecule has 0 bridgehead atoms. The first-order valence-corrected chi connectivity index (χ1v) is 6.47. The van der Waals surface area contributed by atoms with Gasteiger partial charge in [0.1, 0.15) is 0 Å². The van der Waals surface area contributed by atoms with Gasteiger partial charge in [0.05, 0.1) is 31.8 Å². The quantitative estimate of drug-likeness (QED) is 0.808. The predicted octanol–water partition coefficient (Wildman–Crippen LogP) is 1.31. The third kappa shape index (κ3) is 2.97. The van der Waals surface area contributed by atoms with Gasteiger partial charge in [-0.25, -0.2) is 0 Å². The number of benzene rings is 1. The van der Waals surface area contributed by atoms with Gasteiger partial charge in [-0.15, -0.1) is 0 Å². The summed E-state index contributed by atoms with van der Waals surface area (Å²) in [5.74, 6) is 0. The number of rotatable bonds is 3. The molecule has 1 aliphatic heterocycles. The molecule has 1 heterocycles. The summed E-state index contributed by atoms with van der Waals surface area (Å²) < 4.78 is 12.3. The van der Waals surface area contributed by atoms with E-state index in [1.54, 1.807) is 0 Å². The molecule has 17 heavy (non-hydrogen) atoms. The van der Waals surface area contributed by atoms with Crippen molar-refractivity contribution in [3.8, 4) is 0 Å². The van der Waals surface area contributed by atoms with E-state index in [4.69, 9.17) is 9.47 Å². The Labute approximate surface area is 114 Å². The molecule has 1 fully saturated rings. The van der Waals surface area contributed by atoms with Gasteiger partial charge in [-0.3, -0.25) is 0 Å². The van der Waals surface area contributed by atoms with Gasteiger partial charge in [0.2, 0.25) is 0 Å². The molecule has 0 radical (unpaired) electrons. The van der Waals surface area contributed by atoms with E-state index in [2.05, 4.69) is 22.6 Å². The molecule has 0 spiro atoms. The summed E-state index contributed by atoms with van der Waals surface area (Å²) in [6.45, 7) is 0.332. The molecule has 1 aromatic carbocycles. The van der Waals surface area contributed by atoms with E-state index >= 15 is 0 Å². The highest BCUT2D eigenvalue weighted by Gasteiger charge is 2.36. The van der Waals surface area contributed by atoms with Crippen LogP contribution in [0.4, 0.5) is 0 Å². The number of aliphatic hydroxyl groups excluding tert-OH is 2. The fourth-order valence-corrected chi connectivity index (χ4v) is 2.00. The molecule has 0 aromatic heterocycles. The number of hydrogen-bond donors (Lipinski definition) is 2. The first-order chi connectivity index (χ1) is 8.19. The third-order valence-corrected chi connectivity index (χ3v) is 3.61. The highest BCUT2D eigenvalue weighted by molar-refractivity contribution is 14.1. The van der Waals surface area contributed by atoms with Gasteiger partial charge in [0.25, 0.3) is 0 Å². The zero-order valence-corrected chi connectivity index (χ0v) is 11.5. The van der Waals surface area contributed by atoms with Crippen LogP contribution >= 0.6 is 22.6 Å². The molecular formula is C12H15IO4. The maximum absolute atomic E-state index is 9.21. The molecule has 1 aliphatic rings. The van der Waals surface area contributed by atoms with E-state index in [1.807, 2.05) is 24.3 Å². The maximum atomic E-state index is 9.21. The minimum Gasteiger partial charge on any atom is -0.396 e. The molecule has 0 aliphatic carbocycles. The Kier molecular flexibility index (Phi) is 4.37. The Morgan fingerprint density at radius 3 is 2.12 bits per heavy atom. The molecule has 5 heteroatoms. The molecule has 0 saturated carbocycles. The lowest BCUT2D eigenvalue weighted by atomic mass is 9.91. The van der Waals surface area contributed by atoms with Gasteiger partial charge < -0.3 is 19.7 Å². The second-order valence-electron chi connectivity index (χ2n) is 4.32. The lowest BCUT2D eigenvalue weighted by Crippen LogP contribution is -2.44. The molecule has 0 atom stereocenters. The SMILES string of the molecule is OCC1(CO)COC(c2ccc(I)cc2)OC1. The molecule has 2 N–H and O–H groups in total. The van der Waals surface area contributed by atoms with Crippen LogP contribution in [0.1, 0.15) is 11.9 Å². The van der Waals surface area contributed by atoms with Crippen molar-refractivity contribution < 1.29 is 19.7 Å². The summed E-state index contributed by atoms with van der Waals surface area (Å²) in [6, 6.07) is 7.89. The van der Waals surface area contributed by atoms with Crippen LogP contribution in [0.5, 0.6) is 0 Å². The third-order valence-electron chi connectivity index (χ3n) is 2.89. The van der Waals surface area contributed by atoms with Gasteiger partial charge >= 0.3 is 0 Å². The van der Waals surface area contributed by atoms with Crippen molar-refractivity contribution >= 4 is 22.6 Å². The van der Waals surface area contributed by atoms with Gasteiger partial charge in [-0.05, 0) is 34.7 Å². The fourth-order valence-electron chi connectivity index (χ4n) is 1.64. The lowest BCUT2D eigenvalue weighted by molar-refractivity contribution is -0.248. The van der Waals surface area contributed by atoms with Crippen molar-refractivity contribution in [3.05, 3.63) is 33.4 Å². The normalized spacial score (nSPS) is 20.4. The highest BCUT2D eigenvalue weighted by atomic mass is 127. The van der Waals surface area contributed by atoms with Crippen molar-refractivity contribution in [1.82, 2.24) is 0 Å². The molecule has 0 unspecified atom stereocenters. The lowest BCUT2D eigenvalue weighted by Gasteiger charge is -2.37. The number of halogens is 1. The Bertz CT molecular complexity index is 351. The minimum absolute atomic E-state index is 0.136. The Balaban J connectivity index is 2.01. The van der Waals surface area contributed by atoms with Crippen molar-refractivity contribution in [2.75, 3.05) is 26.4 Å². The van der Waals surface area contributed by atoms with Crippen molar-refractivity contribution in [2.45, 2.75) is 6.29 Å². The first-order valence-electron chi connectivity index (χ1n) is 5.39. The summed E-state index contributed by atoms with van der Waals surface area (Å²) in [4.78, 5) is 0. The second kappa shape index (κ2) is 5.62. The van der Waals surface area contributed by atoms with E-state index in [-0.39, 0.29) is 13.2 Å². The highest BCUT2D eigenvalue weighted by Crippen LogP contribution is 2.31. The largest absolute Gasteiger partial charge is 0.396 e. The van der Waals surface area contributed by atoms with Crippen LogP contribution in [-0.2, 0) is 9.47 Å². The predicted molar refractivity (Wildman–Crippen MR) is 70.4 cm³/mol. The van der Waals surface area contributed by atoms with Gasteiger partial charge in [-0.2, -0.15) is 0 Å². The topological polar surface area (TPSA) is 58.9 Å². The molecule has 94 valence electrons. The summed E-state index contributed by atoms with van der Waals surface area (Å²) in [5.41, 5.74) is 0.287. The van der Waals surface area contributed by atoms with Gasteiger partial charge in [0, 0.05) is 9.13 Å². The summed E-state index contributed by atoms with van der Waals surface area (Å²) in [5, 5.41) is 18.4. The number of ether oxygens (including phenoxy) is 2. The molecular weight excluding hydrogens is 335 g/mol. The van der Waals surface area contributed by atoms with Gasteiger partial charge in [-0.1, -0.05) is 12.1 Å². The van der Waals surface area contributed by atoms with Crippen LogP contribution in [-0.4, -0.2) is 36.6 Å². The zero-order chi connectivity index (χ0) is 12.3. The van der Waals surface area contributed by atoms with Crippen LogP contribution in [0.15, 0.2) is 24.3 Å². The molecule has 0 amide bonds. The average molecular weight is 350 g/mol. The first kappa shape index (κ1) is 13.2. The van der Waals surface area contributed by atoms with Crippen molar-refractivity contribution in [2.24, 2.45) is 5.41 Å². The second-order valence-corrected chi connectivity index (χ2v) is 5.57. The monoisotopic (exact) mass is 350 g/mol. The Hall–Kier alpha value is -0.210. The van der Waals surface area contributed by atoms with Crippen LogP contribution in [0, 0.1) is 8.99 Å².